The van der Waals surface area contributed by atoms with Gasteiger partial charge in [-0.3, -0.25) is 9.59 Å². The van der Waals surface area contributed by atoms with Gasteiger partial charge in [0.05, 0.1) is 17.7 Å². The Bertz CT molecular complexity index is 869. The number of rotatable bonds is 6. The normalized spacial score (nSPS) is 10.3. The van der Waals surface area contributed by atoms with E-state index in [4.69, 9.17) is 4.74 Å². The predicted octanol–water partition coefficient (Wildman–Crippen LogP) is 3.83. The summed E-state index contributed by atoms with van der Waals surface area (Å²) in [6.45, 7) is 8.76. The van der Waals surface area contributed by atoms with Crippen LogP contribution in [0.1, 0.15) is 48.1 Å². The van der Waals surface area contributed by atoms with Crippen molar-refractivity contribution in [3.8, 4) is 5.69 Å². The summed E-state index contributed by atoms with van der Waals surface area (Å²) in [7, 11) is 0. The number of carbonyl (C=O) groups is 3. The fraction of sp³-hybridized carbons (Fsp3) is 0.286. The van der Waals surface area contributed by atoms with Crippen LogP contribution >= 0.6 is 0 Å². The average Bonchev–Trinajstić information content (AvgIpc) is 2.86. The van der Waals surface area contributed by atoms with Gasteiger partial charge in [0.15, 0.2) is 11.6 Å². The summed E-state index contributed by atoms with van der Waals surface area (Å²) in [4.78, 5) is 35.1. The maximum atomic E-state index is 11.8. The Labute approximate surface area is 153 Å². The Balaban J connectivity index is 2.45. The first-order valence-corrected chi connectivity index (χ1v) is 8.46. The number of ketones is 2. The maximum Gasteiger partial charge on any atom is 0.338 e. The van der Waals surface area contributed by atoms with Crippen LogP contribution in [-0.4, -0.2) is 28.7 Å². The first-order valence-electron chi connectivity index (χ1n) is 8.46. The molecule has 2 aromatic rings. The quantitative estimate of drug-likeness (QED) is 0.343. The molecule has 0 fully saturated rings. The Morgan fingerprint density at radius 1 is 1.04 bits per heavy atom. The Morgan fingerprint density at radius 2 is 1.62 bits per heavy atom. The van der Waals surface area contributed by atoms with Gasteiger partial charge in [0.25, 0.3) is 0 Å². The second-order valence-electron chi connectivity index (χ2n) is 6.10. The molecule has 136 valence electrons. The van der Waals surface area contributed by atoms with E-state index in [2.05, 4.69) is 0 Å². The van der Waals surface area contributed by atoms with Gasteiger partial charge in [-0.1, -0.05) is 0 Å². The van der Waals surface area contributed by atoms with Crippen LogP contribution in [0.5, 0.6) is 0 Å². The number of ether oxygens (including phenoxy) is 1. The van der Waals surface area contributed by atoms with Crippen molar-refractivity contribution in [1.29, 1.82) is 0 Å². The van der Waals surface area contributed by atoms with Crippen molar-refractivity contribution in [2.75, 3.05) is 6.61 Å². The average molecular weight is 353 g/mol. The van der Waals surface area contributed by atoms with Crippen molar-refractivity contribution >= 4 is 23.6 Å². The van der Waals surface area contributed by atoms with Gasteiger partial charge >= 0.3 is 5.97 Å². The van der Waals surface area contributed by atoms with E-state index in [1.165, 1.54) is 13.8 Å². The summed E-state index contributed by atoms with van der Waals surface area (Å²) in [5.41, 5.74) is 4.25. The number of allylic oxidation sites excluding steroid dienone is 1. The summed E-state index contributed by atoms with van der Waals surface area (Å²) in [5.74, 6) is -0.849. The standard InChI is InChI=1S/C21H23NO4/c1-6-26-21(25)17-7-9-19(10-8-17)22-13(2)11-18(14(22)3)12-20(15(4)23)16(5)24/h7-12H,6H2,1-5H3. The molecule has 1 heterocycles. The number of nitrogens with zero attached hydrogens (tertiary/aromatic N) is 1. The molecule has 0 saturated carbocycles. The van der Waals surface area contributed by atoms with Crippen molar-refractivity contribution in [2.45, 2.75) is 34.6 Å². The van der Waals surface area contributed by atoms with Gasteiger partial charge < -0.3 is 9.30 Å². The highest BCUT2D eigenvalue weighted by Crippen LogP contribution is 2.23. The minimum absolute atomic E-state index is 0.183. The molecule has 5 heteroatoms. The molecule has 0 spiro atoms. The molecule has 5 nitrogen and oxygen atoms in total. The van der Waals surface area contributed by atoms with Gasteiger partial charge in [0.1, 0.15) is 0 Å². The largest absolute Gasteiger partial charge is 0.462 e. The third-order valence-corrected chi connectivity index (χ3v) is 4.17. The van der Waals surface area contributed by atoms with E-state index in [-0.39, 0.29) is 23.1 Å². The molecule has 0 atom stereocenters. The van der Waals surface area contributed by atoms with Gasteiger partial charge in [-0.25, -0.2) is 4.79 Å². The molecule has 0 unspecified atom stereocenters. The fourth-order valence-corrected chi connectivity index (χ4v) is 2.90. The Kier molecular flexibility index (Phi) is 5.93. The SMILES string of the molecule is CCOC(=O)c1ccc(-n2c(C)cc(C=C(C(C)=O)C(C)=O)c2C)cc1. The molecule has 0 saturated heterocycles. The lowest BCUT2D eigenvalue weighted by Crippen LogP contribution is -2.06. The summed E-state index contributed by atoms with van der Waals surface area (Å²) < 4.78 is 7.01. The first-order chi connectivity index (χ1) is 12.3. The number of aryl methyl sites for hydroxylation is 1. The molecule has 0 amide bonds. The third-order valence-electron chi connectivity index (χ3n) is 4.17. The molecule has 0 N–H and O–H groups in total. The Hall–Kier alpha value is -2.95. The van der Waals surface area contributed by atoms with Crippen LogP contribution in [0.15, 0.2) is 35.9 Å². The minimum Gasteiger partial charge on any atom is -0.462 e. The van der Waals surface area contributed by atoms with Crippen LogP contribution in [0, 0.1) is 13.8 Å². The van der Waals surface area contributed by atoms with Crippen LogP contribution in [0.2, 0.25) is 0 Å². The molecule has 26 heavy (non-hydrogen) atoms. The van der Waals surface area contributed by atoms with Crippen LogP contribution in [0.25, 0.3) is 11.8 Å². The maximum absolute atomic E-state index is 11.8. The summed E-state index contributed by atoms with van der Waals surface area (Å²) >= 11 is 0. The van der Waals surface area contributed by atoms with Crippen molar-refractivity contribution in [3.05, 3.63) is 58.4 Å². The lowest BCUT2D eigenvalue weighted by molar-refractivity contribution is -0.119. The fourth-order valence-electron chi connectivity index (χ4n) is 2.90. The van der Waals surface area contributed by atoms with Gasteiger partial charge in [-0.15, -0.1) is 0 Å². The van der Waals surface area contributed by atoms with E-state index < -0.39 is 0 Å². The van der Waals surface area contributed by atoms with Crippen LogP contribution < -0.4 is 0 Å². The van der Waals surface area contributed by atoms with Crippen molar-refractivity contribution in [1.82, 2.24) is 4.57 Å². The second kappa shape index (κ2) is 7.95. The highest BCUT2D eigenvalue weighted by molar-refractivity contribution is 6.21. The number of aromatic nitrogens is 1. The van der Waals surface area contributed by atoms with Gasteiger partial charge in [-0.05, 0) is 76.6 Å². The highest BCUT2D eigenvalue weighted by atomic mass is 16.5. The monoisotopic (exact) mass is 353 g/mol. The first kappa shape index (κ1) is 19.4. The minimum atomic E-state index is -0.351. The van der Waals surface area contributed by atoms with E-state index in [1.807, 2.05) is 36.6 Å². The second-order valence-corrected chi connectivity index (χ2v) is 6.10. The zero-order valence-electron chi connectivity index (χ0n) is 15.8. The van der Waals surface area contributed by atoms with Gasteiger partial charge in [-0.2, -0.15) is 0 Å². The van der Waals surface area contributed by atoms with Crippen LogP contribution in [0.4, 0.5) is 0 Å². The zero-order chi connectivity index (χ0) is 19.4. The molecular formula is C21H23NO4. The Morgan fingerprint density at radius 3 is 2.12 bits per heavy atom. The summed E-state index contributed by atoms with van der Waals surface area (Å²) in [5, 5.41) is 0. The molecule has 2 rings (SSSR count). The van der Waals surface area contributed by atoms with Crippen molar-refractivity contribution in [2.24, 2.45) is 0 Å². The van der Waals surface area contributed by atoms with Crippen molar-refractivity contribution < 1.29 is 19.1 Å². The number of carbonyl (C=O) groups excluding carboxylic acids is 3. The van der Waals surface area contributed by atoms with Gasteiger partial charge in [0.2, 0.25) is 0 Å². The zero-order valence-corrected chi connectivity index (χ0v) is 15.8. The molecule has 1 aromatic heterocycles. The molecular weight excluding hydrogens is 330 g/mol. The highest BCUT2D eigenvalue weighted by Gasteiger charge is 2.14. The number of hydrogen-bond donors (Lipinski definition) is 0. The van der Waals surface area contributed by atoms with Crippen LogP contribution in [-0.2, 0) is 14.3 Å². The lowest BCUT2D eigenvalue weighted by Gasteiger charge is -2.10. The molecule has 0 radical (unpaired) electrons. The number of benzene rings is 1. The molecule has 0 aliphatic carbocycles. The van der Waals surface area contributed by atoms with Crippen LogP contribution in [0.3, 0.4) is 0 Å². The molecule has 0 bridgehead atoms. The number of hydrogen-bond acceptors (Lipinski definition) is 4. The van der Waals surface area contributed by atoms with E-state index in [0.717, 1.165) is 22.6 Å². The summed E-state index contributed by atoms with van der Waals surface area (Å²) in [6.07, 6.45) is 1.64. The topological polar surface area (TPSA) is 65.4 Å². The lowest BCUT2D eigenvalue weighted by atomic mass is 10.0. The van der Waals surface area contributed by atoms with Crippen molar-refractivity contribution in [3.63, 3.8) is 0 Å². The molecule has 1 aromatic carbocycles. The van der Waals surface area contributed by atoms with Gasteiger partial charge in [0, 0.05) is 17.1 Å². The number of Topliss-reactive ketones (excluding diaryl/α,β-unsaturated/α-hetero) is 2. The smallest absolute Gasteiger partial charge is 0.338 e. The predicted molar refractivity (Wildman–Crippen MR) is 101 cm³/mol. The van der Waals surface area contributed by atoms with E-state index >= 15 is 0 Å². The van der Waals surface area contributed by atoms with E-state index in [1.54, 1.807) is 25.1 Å². The van der Waals surface area contributed by atoms with E-state index in [9.17, 15) is 14.4 Å². The molecule has 0 aliphatic rings. The molecule has 0 aliphatic heterocycles. The summed E-state index contributed by atoms with van der Waals surface area (Å²) in [6, 6.07) is 9.06. The number of esters is 1. The third kappa shape index (κ3) is 3.99. The van der Waals surface area contributed by atoms with E-state index in [0.29, 0.717) is 12.2 Å².